The molecule has 1 fully saturated rings. The molecule has 1 saturated heterocycles. The lowest BCUT2D eigenvalue weighted by Gasteiger charge is -2.36. The first-order chi connectivity index (χ1) is 15.6. The van der Waals surface area contributed by atoms with Crippen molar-refractivity contribution in [3.05, 3.63) is 72.8 Å². The Bertz CT molecular complexity index is 1220. The topological polar surface area (TPSA) is 58.7 Å². The average Bonchev–Trinajstić information content (AvgIpc) is 3.45. The van der Waals surface area contributed by atoms with Gasteiger partial charge in [0.05, 0.1) is 23.6 Å². The molecule has 0 unspecified atom stereocenters. The van der Waals surface area contributed by atoms with Gasteiger partial charge in [0.25, 0.3) is 0 Å². The van der Waals surface area contributed by atoms with Gasteiger partial charge in [-0.15, -0.1) is 0 Å². The van der Waals surface area contributed by atoms with Crippen molar-refractivity contribution >= 4 is 17.1 Å². The standard InChI is InChI=1S/C25H28N6O/c1-19(14-20-6-4-3-5-7-20)25(32)30-12-10-29(11-13-30)24-16-27-31-18-21(8-9-23(24)31)22-15-26-28(2)17-22/h3-9,15-19H,10-14H2,1-2H3/t19-/m1/s1. The Balaban J connectivity index is 1.24. The van der Waals surface area contributed by atoms with Crippen LogP contribution in [0.2, 0.25) is 0 Å². The van der Waals surface area contributed by atoms with Crippen molar-refractivity contribution in [3.63, 3.8) is 0 Å². The highest BCUT2D eigenvalue weighted by Crippen LogP contribution is 2.26. The van der Waals surface area contributed by atoms with Gasteiger partial charge < -0.3 is 9.80 Å². The Morgan fingerprint density at radius 2 is 1.72 bits per heavy atom. The SMILES string of the molecule is C[C@H](Cc1ccccc1)C(=O)N1CCN(c2cnn3cc(-c4cnn(C)c4)ccc23)CC1. The number of aryl methyl sites for hydroxylation is 1. The van der Waals surface area contributed by atoms with Crippen LogP contribution in [0.1, 0.15) is 12.5 Å². The molecule has 1 atom stereocenters. The monoisotopic (exact) mass is 428 g/mol. The van der Waals surface area contributed by atoms with Gasteiger partial charge in [-0.2, -0.15) is 10.2 Å². The molecule has 7 heteroatoms. The summed E-state index contributed by atoms with van der Waals surface area (Å²) in [6.45, 7) is 5.14. The summed E-state index contributed by atoms with van der Waals surface area (Å²) in [5.41, 5.74) is 5.57. The van der Waals surface area contributed by atoms with E-state index in [1.165, 1.54) is 5.56 Å². The maximum Gasteiger partial charge on any atom is 0.225 e. The minimum atomic E-state index is -0.00757. The highest BCUT2D eigenvalue weighted by Gasteiger charge is 2.26. The van der Waals surface area contributed by atoms with Crippen LogP contribution >= 0.6 is 0 Å². The normalized spacial score (nSPS) is 15.3. The minimum absolute atomic E-state index is 0.00757. The number of anilines is 1. The summed E-state index contributed by atoms with van der Waals surface area (Å²) in [5, 5.41) is 8.84. The summed E-state index contributed by atoms with van der Waals surface area (Å²) in [5.74, 6) is 0.237. The Hall–Kier alpha value is -3.61. The zero-order valence-electron chi connectivity index (χ0n) is 18.6. The molecule has 5 rings (SSSR count). The van der Waals surface area contributed by atoms with E-state index >= 15 is 0 Å². The van der Waals surface area contributed by atoms with Gasteiger partial charge in [-0.25, -0.2) is 4.52 Å². The van der Waals surface area contributed by atoms with Crippen molar-refractivity contribution in [1.29, 1.82) is 0 Å². The Morgan fingerprint density at radius 1 is 0.938 bits per heavy atom. The van der Waals surface area contributed by atoms with Crippen LogP contribution < -0.4 is 4.90 Å². The number of rotatable bonds is 5. The Morgan fingerprint density at radius 3 is 2.44 bits per heavy atom. The third kappa shape index (κ3) is 3.98. The van der Waals surface area contributed by atoms with Crippen molar-refractivity contribution in [2.75, 3.05) is 31.1 Å². The number of pyridine rings is 1. The molecule has 1 aromatic carbocycles. The average molecular weight is 429 g/mol. The second-order valence-electron chi connectivity index (χ2n) is 8.58. The van der Waals surface area contributed by atoms with E-state index in [0.717, 1.165) is 54.9 Å². The number of amides is 1. The van der Waals surface area contributed by atoms with E-state index in [1.54, 1.807) is 4.68 Å². The summed E-state index contributed by atoms with van der Waals surface area (Å²) in [7, 11) is 1.92. The number of aromatic nitrogens is 4. The predicted molar refractivity (Wildman–Crippen MR) is 125 cm³/mol. The van der Waals surface area contributed by atoms with E-state index in [0.29, 0.717) is 0 Å². The summed E-state index contributed by atoms with van der Waals surface area (Å²) >= 11 is 0. The number of hydrogen-bond donors (Lipinski definition) is 0. The molecule has 1 aliphatic rings. The van der Waals surface area contributed by atoms with Crippen molar-refractivity contribution < 1.29 is 4.79 Å². The van der Waals surface area contributed by atoms with Crippen molar-refractivity contribution in [2.24, 2.45) is 13.0 Å². The molecule has 164 valence electrons. The molecule has 4 aromatic rings. The van der Waals surface area contributed by atoms with Crippen molar-refractivity contribution in [2.45, 2.75) is 13.3 Å². The molecule has 7 nitrogen and oxygen atoms in total. The molecule has 1 amide bonds. The molecule has 0 aliphatic carbocycles. The van der Waals surface area contributed by atoms with Crippen molar-refractivity contribution in [3.8, 4) is 11.1 Å². The fourth-order valence-corrected chi connectivity index (χ4v) is 4.49. The second kappa shape index (κ2) is 8.49. The first-order valence-corrected chi connectivity index (χ1v) is 11.1. The highest BCUT2D eigenvalue weighted by atomic mass is 16.2. The van der Waals surface area contributed by atoms with Crippen LogP contribution in [-0.4, -0.2) is 56.4 Å². The minimum Gasteiger partial charge on any atom is -0.365 e. The largest absolute Gasteiger partial charge is 0.365 e. The van der Waals surface area contributed by atoms with Gasteiger partial charge in [-0.3, -0.25) is 9.48 Å². The van der Waals surface area contributed by atoms with Gasteiger partial charge in [-0.05, 0) is 18.1 Å². The number of hydrogen-bond acceptors (Lipinski definition) is 4. The van der Waals surface area contributed by atoms with Gasteiger partial charge in [0.15, 0.2) is 0 Å². The van der Waals surface area contributed by atoms with Crippen LogP contribution in [0, 0.1) is 5.92 Å². The van der Waals surface area contributed by atoms with Gasteiger partial charge >= 0.3 is 0 Å². The fraction of sp³-hybridized carbons (Fsp3) is 0.320. The summed E-state index contributed by atoms with van der Waals surface area (Å²) in [6, 6.07) is 14.5. The Labute approximate surface area is 187 Å². The molecule has 0 N–H and O–H groups in total. The molecule has 32 heavy (non-hydrogen) atoms. The predicted octanol–water partition coefficient (Wildman–Crippen LogP) is 3.26. The maximum absolute atomic E-state index is 13.0. The zero-order chi connectivity index (χ0) is 22.1. The van der Waals surface area contributed by atoms with Gasteiger partial charge in [0.2, 0.25) is 5.91 Å². The van der Waals surface area contributed by atoms with Gasteiger partial charge in [0, 0.05) is 62.7 Å². The fourth-order valence-electron chi connectivity index (χ4n) is 4.49. The van der Waals surface area contributed by atoms with Crippen LogP contribution in [-0.2, 0) is 18.3 Å². The van der Waals surface area contributed by atoms with Crippen LogP contribution in [0.25, 0.3) is 16.6 Å². The molecule has 3 aromatic heterocycles. The summed E-state index contributed by atoms with van der Waals surface area (Å²) in [6.07, 6.45) is 8.62. The zero-order valence-corrected chi connectivity index (χ0v) is 18.6. The number of fused-ring (bicyclic) bond motifs is 1. The second-order valence-corrected chi connectivity index (χ2v) is 8.58. The van der Waals surface area contributed by atoms with Gasteiger partial charge in [0.1, 0.15) is 0 Å². The number of carbonyl (C=O) groups excluding carboxylic acids is 1. The number of nitrogens with zero attached hydrogens (tertiary/aromatic N) is 6. The molecule has 1 aliphatic heterocycles. The van der Waals surface area contributed by atoms with Crippen molar-refractivity contribution in [1.82, 2.24) is 24.3 Å². The van der Waals surface area contributed by atoms with Crippen LogP contribution in [0.4, 0.5) is 5.69 Å². The smallest absolute Gasteiger partial charge is 0.225 e. The highest BCUT2D eigenvalue weighted by molar-refractivity contribution is 5.80. The van der Waals surface area contributed by atoms with Crippen LogP contribution in [0.3, 0.4) is 0 Å². The molecular formula is C25H28N6O. The van der Waals surface area contributed by atoms with E-state index in [1.807, 2.05) is 66.4 Å². The Kier molecular flexibility index (Phi) is 5.39. The molecule has 0 saturated carbocycles. The van der Waals surface area contributed by atoms with Crippen LogP contribution in [0.15, 0.2) is 67.3 Å². The van der Waals surface area contributed by atoms with Crippen LogP contribution in [0.5, 0.6) is 0 Å². The first kappa shape index (κ1) is 20.3. The summed E-state index contributed by atoms with van der Waals surface area (Å²) in [4.78, 5) is 17.3. The van der Waals surface area contributed by atoms with E-state index in [9.17, 15) is 4.79 Å². The van der Waals surface area contributed by atoms with E-state index in [-0.39, 0.29) is 11.8 Å². The maximum atomic E-state index is 13.0. The molecule has 0 spiro atoms. The lowest BCUT2D eigenvalue weighted by molar-refractivity contribution is -0.135. The molecule has 4 heterocycles. The van der Waals surface area contributed by atoms with Gasteiger partial charge in [-0.1, -0.05) is 43.3 Å². The molecular weight excluding hydrogens is 400 g/mol. The quantitative estimate of drug-likeness (QED) is 0.490. The number of benzene rings is 1. The van der Waals surface area contributed by atoms with E-state index in [4.69, 9.17) is 0 Å². The third-order valence-corrected chi connectivity index (χ3v) is 6.27. The van der Waals surface area contributed by atoms with E-state index < -0.39 is 0 Å². The molecule has 0 radical (unpaired) electrons. The van der Waals surface area contributed by atoms with E-state index in [2.05, 4.69) is 39.4 Å². The lowest BCUT2D eigenvalue weighted by atomic mass is 9.99. The molecule has 0 bridgehead atoms. The third-order valence-electron chi connectivity index (χ3n) is 6.27. The lowest BCUT2D eigenvalue weighted by Crippen LogP contribution is -2.50. The number of piperazine rings is 1. The first-order valence-electron chi connectivity index (χ1n) is 11.1. The summed E-state index contributed by atoms with van der Waals surface area (Å²) < 4.78 is 3.73. The number of carbonyl (C=O) groups is 1.